The van der Waals surface area contributed by atoms with Crippen LogP contribution in [0.3, 0.4) is 0 Å². The van der Waals surface area contributed by atoms with E-state index in [9.17, 15) is 4.79 Å². The molecule has 0 aliphatic carbocycles. The molecule has 0 amide bonds. The van der Waals surface area contributed by atoms with Crippen molar-refractivity contribution < 1.29 is 4.79 Å². The van der Waals surface area contributed by atoms with Crippen molar-refractivity contribution in [2.45, 2.75) is 26.0 Å². The summed E-state index contributed by atoms with van der Waals surface area (Å²) in [7, 11) is 0. The maximum atomic E-state index is 11.1. The first-order valence-corrected chi connectivity index (χ1v) is 5.42. The van der Waals surface area contributed by atoms with Gasteiger partial charge in [0.2, 0.25) is 0 Å². The Kier molecular flexibility index (Phi) is 4.03. The van der Waals surface area contributed by atoms with E-state index in [2.05, 4.69) is 19.1 Å². The monoisotopic (exact) mass is 194 g/mol. The molecule has 0 saturated carbocycles. The van der Waals surface area contributed by atoms with Gasteiger partial charge in [0.05, 0.1) is 0 Å². The molecule has 0 aromatic heterocycles. The first kappa shape index (κ1) is 10.3. The van der Waals surface area contributed by atoms with Crippen molar-refractivity contribution in [3.63, 3.8) is 0 Å². The lowest BCUT2D eigenvalue weighted by atomic mass is 10.1. The fourth-order valence-electron chi connectivity index (χ4n) is 1.03. The van der Waals surface area contributed by atoms with E-state index in [1.165, 1.54) is 22.9 Å². The van der Waals surface area contributed by atoms with Crippen molar-refractivity contribution >= 4 is 16.9 Å². The number of thioether (sulfide) groups is 1. The summed E-state index contributed by atoms with van der Waals surface area (Å²) in [6.45, 7) is 3.97. The fraction of sp³-hybridized carbons (Fsp3) is 0.364. The van der Waals surface area contributed by atoms with Crippen molar-refractivity contribution in [1.82, 2.24) is 0 Å². The smallest absolute Gasteiger partial charge is 0.188 e. The fourth-order valence-corrected chi connectivity index (χ4v) is 1.88. The number of aryl methyl sites for hydroxylation is 1. The molecule has 0 aliphatic rings. The highest BCUT2D eigenvalue weighted by Gasteiger charge is 2.01. The maximum absolute atomic E-state index is 11.1. The topological polar surface area (TPSA) is 17.1 Å². The minimum atomic E-state index is 0.267. The molecule has 13 heavy (non-hydrogen) atoms. The molecule has 1 aromatic rings. The summed E-state index contributed by atoms with van der Waals surface area (Å²) in [5.74, 6) is 0.805. The Hall–Kier alpha value is -0.760. The summed E-state index contributed by atoms with van der Waals surface area (Å²) in [6, 6.07) is 8.18. The van der Waals surface area contributed by atoms with Crippen LogP contribution in [-0.4, -0.2) is 5.12 Å². The highest BCUT2D eigenvalue weighted by molar-refractivity contribution is 8.12. The lowest BCUT2D eigenvalue weighted by molar-refractivity contribution is -0.110. The van der Waals surface area contributed by atoms with E-state index in [-0.39, 0.29) is 5.12 Å². The third-order valence-corrected chi connectivity index (χ3v) is 3.00. The summed E-state index contributed by atoms with van der Waals surface area (Å²) in [4.78, 5) is 11.1. The molecular formula is C11H14OS. The summed E-state index contributed by atoms with van der Waals surface area (Å²) >= 11 is 1.40. The van der Waals surface area contributed by atoms with Crippen molar-refractivity contribution in [2.24, 2.45) is 0 Å². The van der Waals surface area contributed by atoms with Gasteiger partial charge in [-0.3, -0.25) is 4.79 Å². The Bertz CT molecular complexity index is 294. The summed E-state index contributed by atoms with van der Waals surface area (Å²) in [6.07, 6.45) is 0.622. The Morgan fingerprint density at radius 2 is 2.08 bits per heavy atom. The van der Waals surface area contributed by atoms with Gasteiger partial charge >= 0.3 is 0 Å². The van der Waals surface area contributed by atoms with Crippen molar-refractivity contribution in [2.75, 3.05) is 0 Å². The lowest BCUT2D eigenvalue weighted by Crippen LogP contribution is -1.91. The third-order valence-electron chi connectivity index (χ3n) is 1.94. The number of hydrogen-bond acceptors (Lipinski definition) is 2. The van der Waals surface area contributed by atoms with Crippen LogP contribution >= 0.6 is 11.8 Å². The molecule has 0 atom stereocenters. The van der Waals surface area contributed by atoms with E-state index < -0.39 is 0 Å². The standard InChI is InChI=1S/C11H14OS/c1-3-11(12)13-8-10-7-5-4-6-9(10)2/h4-7H,3,8H2,1-2H3. The molecule has 2 heteroatoms. The first-order valence-electron chi connectivity index (χ1n) is 4.44. The van der Waals surface area contributed by atoms with Crippen LogP contribution in [0.25, 0.3) is 0 Å². The van der Waals surface area contributed by atoms with Gasteiger partial charge in [-0.15, -0.1) is 0 Å². The Balaban J connectivity index is 2.54. The van der Waals surface area contributed by atoms with E-state index in [4.69, 9.17) is 0 Å². The summed E-state index contributed by atoms with van der Waals surface area (Å²) < 4.78 is 0. The molecule has 0 radical (unpaired) electrons. The van der Waals surface area contributed by atoms with E-state index in [1.807, 2.05) is 19.1 Å². The van der Waals surface area contributed by atoms with Crippen LogP contribution in [-0.2, 0) is 10.5 Å². The van der Waals surface area contributed by atoms with Crippen LogP contribution in [0, 0.1) is 6.92 Å². The molecule has 0 bridgehead atoms. The molecule has 1 aromatic carbocycles. The van der Waals surface area contributed by atoms with Crippen LogP contribution in [0.5, 0.6) is 0 Å². The second-order valence-corrected chi connectivity index (χ2v) is 3.97. The molecule has 1 rings (SSSR count). The predicted octanol–water partition coefficient (Wildman–Crippen LogP) is 3.16. The van der Waals surface area contributed by atoms with Gasteiger partial charge in [-0.25, -0.2) is 0 Å². The normalized spacial score (nSPS) is 10.0. The van der Waals surface area contributed by atoms with Crippen LogP contribution in [0.2, 0.25) is 0 Å². The second-order valence-electron chi connectivity index (χ2n) is 2.94. The molecule has 0 heterocycles. The molecule has 0 aliphatic heterocycles. The van der Waals surface area contributed by atoms with Gasteiger partial charge < -0.3 is 0 Å². The predicted molar refractivity (Wildman–Crippen MR) is 57.8 cm³/mol. The van der Waals surface area contributed by atoms with Crippen LogP contribution in [0.1, 0.15) is 24.5 Å². The Labute approximate surface area is 83.5 Å². The zero-order valence-electron chi connectivity index (χ0n) is 8.04. The minimum Gasteiger partial charge on any atom is -0.287 e. The van der Waals surface area contributed by atoms with Crippen LogP contribution in [0.15, 0.2) is 24.3 Å². The van der Waals surface area contributed by atoms with Gasteiger partial charge in [-0.05, 0) is 18.1 Å². The molecule has 0 spiro atoms. The quantitative estimate of drug-likeness (QED) is 0.735. The van der Waals surface area contributed by atoms with Gasteiger partial charge in [0.25, 0.3) is 0 Å². The molecule has 0 fully saturated rings. The molecule has 0 unspecified atom stereocenters. The van der Waals surface area contributed by atoms with Gasteiger partial charge in [-0.2, -0.15) is 0 Å². The van der Waals surface area contributed by atoms with E-state index in [0.29, 0.717) is 6.42 Å². The van der Waals surface area contributed by atoms with Crippen molar-refractivity contribution in [1.29, 1.82) is 0 Å². The largest absolute Gasteiger partial charge is 0.287 e. The minimum absolute atomic E-state index is 0.267. The Morgan fingerprint density at radius 1 is 1.38 bits per heavy atom. The average Bonchev–Trinajstić information content (AvgIpc) is 2.16. The Morgan fingerprint density at radius 3 is 2.69 bits per heavy atom. The molecule has 70 valence electrons. The number of carbonyl (C=O) groups is 1. The number of benzene rings is 1. The SMILES string of the molecule is CCC(=O)SCc1ccccc1C. The van der Waals surface area contributed by atoms with Crippen LogP contribution in [0.4, 0.5) is 0 Å². The summed E-state index contributed by atoms with van der Waals surface area (Å²) in [5, 5.41) is 0.267. The van der Waals surface area contributed by atoms with E-state index in [0.717, 1.165) is 5.75 Å². The zero-order valence-corrected chi connectivity index (χ0v) is 8.86. The number of rotatable bonds is 3. The van der Waals surface area contributed by atoms with Gasteiger partial charge in [0.15, 0.2) is 5.12 Å². The highest BCUT2D eigenvalue weighted by Crippen LogP contribution is 2.17. The third kappa shape index (κ3) is 3.23. The van der Waals surface area contributed by atoms with Crippen molar-refractivity contribution in [3.05, 3.63) is 35.4 Å². The summed E-state index contributed by atoms with van der Waals surface area (Å²) in [5.41, 5.74) is 2.52. The molecule has 1 nitrogen and oxygen atoms in total. The van der Waals surface area contributed by atoms with Crippen LogP contribution < -0.4 is 0 Å². The van der Waals surface area contributed by atoms with E-state index >= 15 is 0 Å². The zero-order chi connectivity index (χ0) is 9.68. The molecular weight excluding hydrogens is 180 g/mol. The number of carbonyl (C=O) groups excluding carboxylic acids is 1. The van der Waals surface area contributed by atoms with Gasteiger partial charge in [-0.1, -0.05) is 43.0 Å². The lowest BCUT2D eigenvalue weighted by Gasteiger charge is -2.02. The second kappa shape index (κ2) is 5.07. The first-order chi connectivity index (χ1) is 6.24. The molecule has 0 N–H and O–H groups in total. The van der Waals surface area contributed by atoms with E-state index in [1.54, 1.807) is 0 Å². The molecule has 0 saturated heterocycles. The van der Waals surface area contributed by atoms with Gasteiger partial charge in [0, 0.05) is 12.2 Å². The highest BCUT2D eigenvalue weighted by atomic mass is 32.2. The average molecular weight is 194 g/mol. The maximum Gasteiger partial charge on any atom is 0.188 e. The number of hydrogen-bond donors (Lipinski definition) is 0. The van der Waals surface area contributed by atoms with Crippen molar-refractivity contribution in [3.8, 4) is 0 Å². The van der Waals surface area contributed by atoms with Gasteiger partial charge in [0.1, 0.15) is 0 Å².